The van der Waals surface area contributed by atoms with Crippen LogP contribution in [-0.2, 0) is 24.2 Å². The van der Waals surface area contributed by atoms with E-state index in [2.05, 4.69) is 4.90 Å². The average molecular weight is 633 g/mol. The van der Waals surface area contributed by atoms with Crippen molar-refractivity contribution in [3.63, 3.8) is 0 Å². The maximum absolute atomic E-state index is 13.8. The Morgan fingerprint density at radius 2 is 1.67 bits per heavy atom. The summed E-state index contributed by atoms with van der Waals surface area (Å²) in [5.74, 6) is -0.251. The summed E-state index contributed by atoms with van der Waals surface area (Å²) in [5.41, 5.74) is 2.85. The lowest BCUT2D eigenvalue weighted by Crippen LogP contribution is -2.48. The molecule has 222 valence electrons. The first-order valence-electron chi connectivity index (χ1n) is 13.4. The molecule has 0 N–H and O–H groups in total. The van der Waals surface area contributed by atoms with Crippen molar-refractivity contribution < 1.29 is 27.5 Å². The smallest absolute Gasteiger partial charge is 0.265 e. The minimum absolute atomic E-state index is 0.209. The molecule has 0 spiro atoms. The number of carbonyl (C=O) groups excluding carboxylic acids is 2. The normalized spacial score (nSPS) is 16.5. The van der Waals surface area contributed by atoms with Gasteiger partial charge in [-0.2, -0.15) is 0 Å². The Kier molecular flexibility index (Phi) is 9.10. The van der Waals surface area contributed by atoms with Crippen LogP contribution >= 0.6 is 23.2 Å². The maximum Gasteiger partial charge on any atom is 0.265 e. The quantitative estimate of drug-likeness (QED) is 0.365. The fourth-order valence-electron chi connectivity index (χ4n) is 5.10. The molecule has 12 heteroatoms. The molecule has 0 radical (unpaired) electrons. The predicted octanol–water partition coefficient (Wildman–Crippen LogP) is 4.32. The molecule has 9 nitrogen and oxygen atoms in total. The number of nitrogens with zero attached hydrogens (tertiary/aromatic N) is 3. The molecule has 1 saturated heterocycles. The van der Waals surface area contributed by atoms with E-state index < -0.39 is 9.84 Å². The van der Waals surface area contributed by atoms with E-state index in [-0.39, 0.29) is 40.9 Å². The first-order valence-corrected chi connectivity index (χ1v) is 16.0. The molecule has 0 aliphatic carbocycles. The van der Waals surface area contributed by atoms with E-state index in [1.165, 1.54) is 17.2 Å². The van der Waals surface area contributed by atoms with Crippen molar-refractivity contribution in [2.24, 2.45) is 0 Å². The molecule has 3 aromatic rings. The van der Waals surface area contributed by atoms with Crippen LogP contribution in [0.15, 0.2) is 65.6 Å². The number of likely N-dealkylation sites (N-methyl/N-ethyl adjacent to an activating group) is 1. The topological polar surface area (TPSA) is 96.5 Å². The molecule has 0 aromatic heterocycles. The van der Waals surface area contributed by atoms with Crippen molar-refractivity contribution >= 4 is 50.5 Å². The molecule has 2 aliphatic rings. The maximum atomic E-state index is 13.8. The number of benzene rings is 3. The van der Waals surface area contributed by atoms with E-state index in [0.29, 0.717) is 36.2 Å². The lowest BCUT2D eigenvalue weighted by molar-refractivity contribution is -0.133. The molecule has 2 amide bonds. The van der Waals surface area contributed by atoms with Gasteiger partial charge in [0, 0.05) is 39.0 Å². The van der Waals surface area contributed by atoms with Gasteiger partial charge in [-0.15, -0.1) is 0 Å². The van der Waals surface area contributed by atoms with Crippen molar-refractivity contribution in [3.05, 3.63) is 76.3 Å². The highest BCUT2D eigenvalue weighted by Gasteiger charge is 2.32. The molecule has 5 rings (SSSR count). The van der Waals surface area contributed by atoms with E-state index in [9.17, 15) is 18.0 Å². The summed E-state index contributed by atoms with van der Waals surface area (Å²) < 4.78 is 35.4. The zero-order chi connectivity index (χ0) is 30.0. The van der Waals surface area contributed by atoms with Crippen LogP contribution in [0.1, 0.15) is 11.6 Å². The molecule has 1 atom stereocenters. The second-order valence-corrected chi connectivity index (χ2v) is 13.2. The summed E-state index contributed by atoms with van der Waals surface area (Å²) in [5, 5.41) is 0.544. The number of anilines is 1. The van der Waals surface area contributed by atoms with Gasteiger partial charge in [0.1, 0.15) is 12.3 Å². The minimum Gasteiger partial charge on any atom is -0.482 e. The number of sulfone groups is 1. The summed E-state index contributed by atoms with van der Waals surface area (Å²) in [6.45, 7) is 2.78. The molecule has 0 saturated carbocycles. The monoisotopic (exact) mass is 631 g/mol. The number of halogens is 2. The van der Waals surface area contributed by atoms with Crippen molar-refractivity contribution in [1.29, 1.82) is 0 Å². The molecule has 3 aromatic carbocycles. The number of hydrogen-bond acceptors (Lipinski definition) is 7. The average Bonchev–Trinajstić information content (AvgIpc) is 2.98. The molecular weight excluding hydrogens is 601 g/mol. The molecule has 1 fully saturated rings. The van der Waals surface area contributed by atoms with Crippen molar-refractivity contribution in [2.45, 2.75) is 10.9 Å². The Morgan fingerprint density at radius 3 is 2.38 bits per heavy atom. The fraction of sp³-hybridized carbons (Fsp3) is 0.333. The van der Waals surface area contributed by atoms with Gasteiger partial charge in [-0.25, -0.2) is 8.42 Å². The van der Waals surface area contributed by atoms with E-state index in [4.69, 9.17) is 32.7 Å². The highest BCUT2D eigenvalue weighted by atomic mass is 35.5. The molecule has 42 heavy (non-hydrogen) atoms. The Morgan fingerprint density at radius 1 is 1.00 bits per heavy atom. The molecule has 1 unspecified atom stereocenters. The van der Waals surface area contributed by atoms with Crippen molar-refractivity contribution in [3.8, 4) is 16.9 Å². The summed E-state index contributed by atoms with van der Waals surface area (Å²) in [7, 11) is -1.65. The van der Waals surface area contributed by atoms with Gasteiger partial charge in [-0.1, -0.05) is 53.5 Å². The number of rotatable bonds is 8. The molecule has 0 bridgehead atoms. The second kappa shape index (κ2) is 12.6. The van der Waals surface area contributed by atoms with Crippen molar-refractivity contribution in [1.82, 2.24) is 9.80 Å². The Hall–Kier alpha value is -3.15. The van der Waals surface area contributed by atoms with Gasteiger partial charge in [-0.05, 0) is 41.0 Å². The lowest BCUT2D eigenvalue weighted by atomic mass is 9.98. The number of carbonyl (C=O) groups is 2. The van der Waals surface area contributed by atoms with Gasteiger partial charge in [0.05, 0.1) is 39.9 Å². The highest BCUT2D eigenvalue weighted by molar-refractivity contribution is 7.90. The van der Waals surface area contributed by atoms with Gasteiger partial charge in [-0.3, -0.25) is 19.4 Å². The number of fused-ring (bicyclic) bond motifs is 1. The largest absolute Gasteiger partial charge is 0.482 e. The number of morpholine rings is 1. The molecular formula is C30H31Cl2N3O6S. The van der Waals surface area contributed by atoms with Crippen LogP contribution in [0.25, 0.3) is 11.1 Å². The van der Waals surface area contributed by atoms with Gasteiger partial charge >= 0.3 is 0 Å². The van der Waals surface area contributed by atoms with Crippen molar-refractivity contribution in [2.75, 3.05) is 64.2 Å². The van der Waals surface area contributed by atoms with E-state index in [1.54, 1.807) is 36.2 Å². The summed E-state index contributed by atoms with van der Waals surface area (Å²) in [4.78, 5) is 32.2. The lowest BCUT2D eigenvalue weighted by Gasteiger charge is -2.37. The summed E-state index contributed by atoms with van der Waals surface area (Å²) >= 11 is 12.4. The van der Waals surface area contributed by atoms with E-state index in [0.717, 1.165) is 29.8 Å². The third kappa shape index (κ3) is 6.74. The Labute approximate surface area is 255 Å². The van der Waals surface area contributed by atoms with Gasteiger partial charge in [0.2, 0.25) is 5.91 Å². The first-order chi connectivity index (χ1) is 20.0. The second-order valence-electron chi connectivity index (χ2n) is 10.4. The summed E-state index contributed by atoms with van der Waals surface area (Å²) in [6, 6.07) is 17.3. The van der Waals surface area contributed by atoms with Crippen LogP contribution in [0.4, 0.5) is 5.69 Å². The fourth-order valence-corrected chi connectivity index (χ4v) is 6.08. The zero-order valence-corrected chi connectivity index (χ0v) is 25.6. The van der Waals surface area contributed by atoms with Crippen LogP contribution < -0.4 is 9.64 Å². The summed E-state index contributed by atoms with van der Waals surface area (Å²) in [6.07, 6.45) is 1.18. The van der Waals surface area contributed by atoms with Crippen LogP contribution in [-0.4, -0.2) is 89.3 Å². The van der Waals surface area contributed by atoms with Crippen LogP contribution in [0, 0.1) is 0 Å². The first kappa shape index (κ1) is 30.3. The van der Waals surface area contributed by atoms with Crippen LogP contribution in [0.5, 0.6) is 5.75 Å². The molecule has 2 heterocycles. The predicted molar refractivity (Wildman–Crippen MR) is 162 cm³/mol. The van der Waals surface area contributed by atoms with Crippen LogP contribution in [0.2, 0.25) is 10.0 Å². The standard InChI is InChI=1S/C30H31Cl2N3O6S/c1-33(29(36)18-35-26-15-24(31)25(32)16-28(26)41-19-30(35)37)27(17-34-9-11-40-12-10-34)22-7-3-5-20(13-22)21-6-4-8-23(14-21)42(2,38)39/h3-8,13-16,27H,9-12,17-19H2,1-2H3. The number of ether oxygens (including phenoxy) is 2. The number of amides is 2. The molecule has 2 aliphatic heterocycles. The Balaban J connectivity index is 1.45. The van der Waals surface area contributed by atoms with Gasteiger partial charge in [0.15, 0.2) is 16.4 Å². The third-order valence-electron chi connectivity index (χ3n) is 7.50. The Bertz CT molecular complexity index is 1610. The highest BCUT2D eigenvalue weighted by Crippen LogP contribution is 2.39. The minimum atomic E-state index is -3.38. The zero-order valence-electron chi connectivity index (χ0n) is 23.3. The third-order valence-corrected chi connectivity index (χ3v) is 9.33. The van der Waals surface area contributed by atoms with Crippen LogP contribution in [0.3, 0.4) is 0 Å². The SMILES string of the molecule is CN(C(=O)CN1C(=O)COc2cc(Cl)c(Cl)cc21)C(CN1CCOCC1)c1cccc(-c2cccc(S(C)(=O)=O)c2)c1. The van der Waals surface area contributed by atoms with Gasteiger partial charge in [0.25, 0.3) is 5.91 Å². The van der Waals surface area contributed by atoms with Gasteiger partial charge < -0.3 is 14.4 Å². The van der Waals surface area contributed by atoms with E-state index >= 15 is 0 Å². The van der Waals surface area contributed by atoms with E-state index in [1.807, 2.05) is 30.3 Å². The number of hydrogen-bond donors (Lipinski definition) is 0.